The fourth-order valence-electron chi connectivity index (χ4n) is 2.81. The first-order chi connectivity index (χ1) is 12.4. The molecule has 5 nitrogen and oxygen atoms in total. The fourth-order valence-corrected chi connectivity index (χ4v) is 2.81. The second-order valence-corrected chi connectivity index (χ2v) is 6.65. The lowest BCUT2D eigenvalue weighted by Gasteiger charge is -2.27. The minimum atomic E-state index is -0.109. The Morgan fingerprint density at radius 1 is 1.04 bits per heavy atom. The molecule has 0 saturated carbocycles. The van der Waals surface area contributed by atoms with Gasteiger partial charge in [0.25, 0.3) is 0 Å². The normalized spacial score (nSPS) is 11.8. The van der Waals surface area contributed by atoms with Crippen LogP contribution in [0.25, 0.3) is 0 Å². The molecule has 2 aromatic rings. The van der Waals surface area contributed by atoms with E-state index in [2.05, 4.69) is 19.2 Å². The van der Waals surface area contributed by atoms with Crippen LogP contribution in [0, 0.1) is 5.92 Å². The second-order valence-electron chi connectivity index (χ2n) is 6.65. The van der Waals surface area contributed by atoms with Crippen LogP contribution in [0.4, 0.5) is 4.79 Å². The number of carbonyl (C=O) groups is 1. The third-order valence-electron chi connectivity index (χ3n) is 4.32. The largest absolute Gasteiger partial charge is 0.497 e. The number of hydrogen-bond donors (Lipinski definition) is 1. The van der Waals surface area contributed by atoms with Gasteiger partial charge in [-0.25, -0.2) is 4.79 Å². The third kappa shape index (κ3) is 5.15. The molecule has 0 spiro atoms. The zero-order valence-corrected chi connectivity index (χ0v) is 16.2. The highest BCUT2D eigenvalue weighted by Gasteiger charge is 2.20. The maximum atomic E-state index is 12.7. The smallest absolute Gasteiger partial charge is 0.317 e. The molecular weight excluding hydrogens is 328 g/mol. The van der Waals surface area contributed by atoms with Gasteiger partial charge < -0.3 is 19.7 Å². The second kappa shape index (κ2) is 9.13. The Morgan fingerprint density at radius 3 is 2.27 bits per heavy atom. The number of ether oxygens (including phenoxy) is 2. The maximum Gasteiger partial charge on any atom is 0.317 e. The number of methoxy groups -OCH3 is 2. The molecule has 0 aliphatic carbocycles. The zero-order chi connectivity index (χ0) is 19.1. The van der Waals surface area contributed by atoms with Crippen molar-refractivity contribution >= 4 is 6.03 Å². The average Bonchev–Trinajstić information content (AvgIpc) is 2.65. The van der Waals surface area contributed by atoms with E-state index in [4.69, 9.17) is 9.47 Å². The first-order valence-electron chi connectivity index (χ1n) is 8.73. The highest BCUT2D eigenvalue weighted by molar-refractivity contribution is 5.74. The van der Waals surface area contributed by atoms with Crippen molar-refractivity contribution in [3.05, 3.63) is 59.7 Å². The van der Waals surface area contributed by atoms with Crippen LogP contribution in [0.5, 0.6) is 11.5 Å². The molecule has 0 heterocycles. The molecule has 0 unspecified atom stereocenters. The molecule has 0 fully saturated rings. The summed E-state index contributed by atoms with van der Waals surface area (Å²) in [6.07, 6.45) is 0. The predicted octanol–water partition coefficient (Wildman–Crippen LogP) is 4.24. The summed E-state index contributed by atoms with van der Waals surface area (Å²) in [7, 11) is 5.07. The van der Waals surface area contributed by atoms with Crippen LogP contribution in [-0.4, -0.2) is 32.2 Å². The number of hydrogen-bond acceptors (Lipinski definition) is 3. The average molecular weight is 356 g/mol. The third-order valence-corrected chi connectivity index (χ3v) is 4.32. The minimum absolute atomic E-state index is 0.0684. The molecular formula is C21H28N2O3. The standard InChI is InChI=1S/C21H28N2O3/c1-15(2)20(17-9-11-18(25-4)12-10-17)22-21(24)23(3)14-16-7-6-8-19(13-16)26-5/h6-13,15,20H,14H2,1-5H3,(H,22,24)/t20-/m0/s1. The van der Waals surface area contributed by atoms with Crippen LogP contribution >= 0.6 is 0 Å². The van der Waals surface area contributed by atoms with E-state index >= 15 is 0 Å². The highest BCUT2D eigenvalue weighted by atomic mass is 16.5. The van der Waals surface area contributed by atoms with Gasteiger partial charge in [-0.3, -0.25) is 0 Å². The van der Waals surface area contributed by atoms with Crippen molar-refractivity contribution in [1.82, 2.24) is 10.2 Å². The first kappa shape index (κ1) is 19.6. The van der Waals surface area contributed by atoms with Gasteiger partial charge in [0.1, 0.15) is 11.5 Å². The summed E-state index contributed by atoms with van der Waals surface area (Å²) < 4.78 is 10.4. The van der Waals surface area contributed by atoms with E-state index in [1.807, 2.05) is 48.5 Å². The van der Waals surface area contributed by atoms with E-state index < -0.39 is 0 Å². The molecule has 140 valence electrons. The predicted molar refractivity (Wildman–Crippen MR) is 104 cm³/mol. The molecule has 5 heteroatoms. The van der Waals surface area contributed by atoms with Crippen molar-refractivity contribution in [3.8, 4) is 11.5 Å². The van der Waals surface area contributed by atoms with Crippen molar-refractivity contribution in [2.45, 2.75) is 26.4 Å². The Morgan fingerprint density at radius 2 is 1.69 bits per heavy atom. The van der Waals surface area contributed by atoms with Crippen molar-refractivity contribution in [3.63, 3.8) is 0 Å². The van der Waals surface area contributed by atoms with E-state index in [0.717, 1.165) is 22.6 Å². The number of rotatable bonds is 7. The number of carbonyl (C=O) groups excluding carboxylic acids is 1. The number of nitrogens with zero attached hydrogens (tertiary/aromatic N) is 1. The van der Waals surface area contributed by atoms with Gasteiger partial charge in [0, 0.05) is 13.6 Å². The SMILES string of the molecule is COc1ccc([C@@H](NC(=O)N(C)Cc2cccc(OC)c2)C(C)C)cc1. The molecule has 2 aromatic carbocycles. The summed E-state index contributed by atoms with van der Waals surface area (Å²) in [6.45, 7) is 4.70. The van der Waals surface area contributed by atoms with Crippen LogP contribution in [0.2, 0.25) is 0 Å². The Hall–Kier alpha value is -2.69. The maximum absolute atomic E-state index is 12.7. The number of nitrogens with one attached hydrogen (secondary N) is 1. The molecule has 1 N–H and O–H groups in total. The topological polar surface area (TPSA) is 50.8 Å². The molecule has 0 aliphatic rings. The lowest BCUT2D eigenvalue weighted by Crippen LogP contribution is -2.40. The van der Waals surface area contributed by atoms with Crippen LogP contribution in [-0.2, 0) is 6.54 Å². The van der Waals surface area contributed by atoms with Crippen LogP contribution in [0.3, 0.4) is 0 Å². The molecule has 26 heavy (non-hydrogen) atoms. The summed E-state index contributed by atoms with van der Waals surface area (Å²) >= 11 is 0. The van der Waals surface area contributed by atoms with Gasteiger partial charge in [0.2, 0.25) is 0 Å². The molecule has 0 saturated heterocycles. The van der Waals surface area contributed by atoms with Gasteiger partial charge >= 0.3 is 6.03 Å². The van der Waals surface area contributed by atoms with Gasteiger partial charge in [0.15, 0.2) is 0 Å². The summed E-state index contributed by atoms with van der Waals surface area (Å²) in [6, 6.07) is 15.4. The number of amides is 2. The molecule has 0 radical (unpaired) electrons. The minimum Gasteiger partial charge on any atom is -0.497 e. The van der Waals surface area contributed by atoms with Gasteiger partial charge in [-0.15, -0.1) is 0 Å². The summed E-state index contributed by atoms with van der Waals surface area (Å²) in [5, 5.41) is 3.13. The van der Waals surface area contributed by atoms with E-state index in [1.54, 1.807) is 26.2 Å². The Balaban J connectivity index is 2.05. The lowest BCUT2D eigenvalue weighted by molar-refractivity contribution is 0.198. The van der Waals surface area contributed by atoms with Crippen molar-refractivity contribution in [2.75, 3.05) is 21.3 Å². The Bertz CT molecular complexity index is 713. The Kier molecular flexibility index (Phi) is 6.89. The van der Waals surface area contributed by atoms with Gasteiger partial charge in [-0.05, 0) is 41.3 Å². The van der Waals surface area contributed by atoms with Crippen LogP contribution in [0.15, 0.2) is 48.5 Å². The number of urea groups is 1. The van der Waals surface area contributed by atoms with Crippen molar-refractivity contribution < 1.29 is 14.3 Å². The lowest BCUT2D eigenvalue weighted by atomic mass is 9.96. The summed E-state index contributed by atoms with van der Waals surface area (Å²) in [5.41, 5.74) is 2.08. The van der Waals surface area contributed by atoms with E-state index in [-0.39, 0.29) is 18.0 Å². The zero-order valence-electron chi connectivity index (χ0n) is 16.2. The van der Waals surface area contributed by atoms with Crippen molar-refractivity contribution in [1.29, 1.82) is 0 Å². The Labute approximate surface area is 155 Å². The van der Waals surface area contributed by atoms with Crippen LogP contribution < -0.4 is 14.8 Å². The van der Waals surface area contributed by atoms with Gasteiger partial charge in [0.05, 0.1) is 20.3 Å². The molecule has 0 aromatic heterocycles. The number of benzene rings is 2. The quantitative estimate of drug-likeness (QED) is 0.807. The molecule has 0 aliphatic heterocycles. The van der Waals surface area contributed by atoms with Gasteiger partial charge in [-0.2, -0.15) is 0 Å². The molecule has 2 amide bonds. The summed E-state index contributed by atoms with van der Waals surface area (Å²) in [5.74, 6) is 1.85. The molecule has 0 bridgehead atoms. The van der Waals surface area contributed by atoms with E-state index in [9.17, 15) is 4.79 Å². The van der Waals surface area contributed by atoms with Crippen molar-refractivity contribution in [2.24, 2.45) is 5.92 Å². The molecule has 2 rings (SSSR count). The highest BCUT2D eigenvalue weighted by Crippen LogP contribution is 2.24. The van der Waals surface area contributed by atoms with Gasteiger partial charge in [-0.1, -0.05) is 38.1 Å². The summed E-state index contributed by atoms with van der Waals surface area (Å²) in [4.78, 5) is 14.3. The fraction of sp³-hybridized carbons (Fsp3) is 0.381. The molecule has 1 atom stereocenters. The van der Waals surface area contributed by atoms with E-state index in [1.165, 1.54) is 0 Å². The monoisotopic (exact) mass is 356 g/mol. The first-order valence-corrected chi connectivity index (χ1v) is 8.73. The van der Waals surface area contributed by atoms with E-state index in [0.29, 0.717) is 6.54 Å². The van der Waals surface area contributed by atoms with Crippen LogP contribution in [0.1, 0.15) is 31.0 Å².